The normalized spacial score (nSPS) is 9.86. The molecule has 5 nitrogen and oxygen atoms in total. The number of hydrogen-bond donors (Lipinski definition) is 2. The first-order valence-corrected chi connectivity index (χ1v) is 4.30. The van der Waals surface area contributed by atoms with Gasteiger partial charge >= 0.3 is 0 Å². The summed E-state index contributed by atoms with van der Waals surface area (Å²) in [5.74, 6) is 4.63. The summed E-state index contributed by atoms with van der Waals surface area (Å²) in [7, 11) is 0. The van der Waals surface area contributed by atoms with Gasteiger partial charge in [0, 0.05) is 25.2 Å². The highest BCUT2D eigenvalue weighted by molar-refractivity contribution is 5.74. The molecule has 14 heavy (non-hydrogen) atoms. The van der Waals surface area contributed by atoms with E-state index in [1.165, 1.54) is 10.6 Å². The first-order valence-electron chi connectivity index (χ1n) is 4.30. The van der Waals surface area contributed by atoms with Crippen molar-refractivity contribution in [2.24, 2.45) is 5.84 Å². The van der Waals surface area contributed by atoms with Crippen LogP contribution in [-0.2, 0) is 11.3 Å². The summed E-state index contributed by atoms with van der Waals surface area (Å²) in [4.78, 5) is 22.2. The second kappa shape index (κ2) is 4.57. The van der Waals surface area contributed by atoms with Gasteiger partial charge < -0.3 is 4.57 Å². The number of carbonyl (C=O) groups is 1. The summed E-state index contributed by atoms with van der Waals surface area (Å²) in [6, 6.07) is 3.35. The Hall–Kier alpha value is -1.62. The summed E-state index contributed by atoms with van der Waals surface area (Å²) in [5.41, 5.74) is 2.82. The maximum absolute atomic E-state index is 11.3. The third-order valence-corrected chi connectivity index (χ3v) is 1.89. The summed E-state index contributed by atoms with van der Waals surface area (Å²) in [6.45, 7) is 2.19. The molecule has 0 saturated carbocycles. The van der Waals surface area contributed by atoms with Gasteiger partial charge in [0.15, 0.2) is 0 Å². The van der Waals surface area contributed by atoms with Crippen LogP contribution in [0.1, 0.15) is 12.0 Å². The van der Waals surface area contributed by atoms with Gasteiger partial charge in [-0.3, -0.25) is 15.0 Å². The monoisotopic (exact) mass is 195 g/mol. The van der Waals surface area contributed by atoms with E-state index < -0.39 is 0 Å². The molecule has 5 heteroatoms. The van der Waals surface area contributed by atoms with Crippen LogP contribution in [0.25, 0.3) is 0 Å². The number of nitrogens with one attached hydrogen (secondary N) is 1. The lowest BCUT2D eigenvalue weighted by Gasteiger charge is -2.04. The Balaban J connectivity index is 2.68. The first kappa shape index (κ1) is 10.5. The van der Waals surface area contributed by atoms with Gasteiger partial charge in [-0.05, 0) is 18.6 Å². The van der Waals surface area contributed by atoms with Crippen molar-refractivity contribution in [3.8, 4) is 0 Å². The SMILES string of the molecule is Cc1ccn(CCC(=O)NN)c(=O)c1. The summed E-state index contributed by atoms with van der Waals surface area (Å²) in [6.07, 6.45) is 1.88. The Morgan fingerprint density at radius 3 is 2.93 bits per heavy atom. The van der Waals surface area contributed by atoms with Gasteiger partial charge in [0.2, 0.25) is 5.91 Å². The minimum atomic E-state index is -0.280. The van der Waals surface area contributed by atoms with Crippen molar-refractivity contribution in [2.75, 3.05) is 0 Å². The molecule has 0 radical (unpaired) electrons. The fourth-order valence-corrected chi connectivity index (χ4v) is 1.09. The van der Waals surface area contributed by atoms with Crippen molar-refractivity contribution in [1.82, 2.24) is 9.99 Å². The van der Waals surface area contributed by atoms with Crippen molar-refractivity contribution >= 4 is 5.91 Å². The highest BCUT2D eigenvalue weighted by Gasteiger charge is 2.00. The van der Waals surface area contributed by atoms with Gasteiger partial charge in [-0.15, -0.1) is 0 Å². The van der Waals surface area contributed by atoms with E-state index in [1.807, 2.05) is 18.4 Å². The van der Waals surface area contributed by atoms with E-state index in [0.717, 1.165) is 5.56 Å². The van der Waals surface area contributed by atoms with E-state index in [2.05, 4.69) is 0 Å². The zero-order valence-corrected chi connectivity index (χ0v) is 7.99. The number of rotatable bonds is 3. The Bertz CT molecular complexity index is 384. The van der Waals surface area contributed by atoms with E-state index >= 15 is 0 Å². The molecular weight excluding hydrogens is 182 g/mol. The van der Waals surface area contributed by atoms with Crippen LogP contribution in [0.15, 0.2) is 23.1 Å². The smallest absolute Gasteiger partial charge is 0.250 e. The van der Waals surface area contributed by atoms with Crippen molar-refractivity contribution in [3.63, 3.8) is 0 Å². The molecule has 0 unspecified atom stereocenters. The Morgan fingerprint density at radius 2 is 2.36 bits per heavy atom. The van der Waals surface area contributed by atoms with Crippen LogP contribution < -0.4 is 16.8 Å². The molecule has 0 aliphatic rings. The average Bonchev–Trinajstić information content (AvgIpc) is 2.16. The van der Waals surface area contributed by atoms with Crippen molar-refractivity contribution in [2.45, 2.75) is 19.9 Å². The second-order valence-electron chi connectivity index (χ2n) is 3.05. The predicted octanol–water partition coefficient (Wildman–Crippen LogP) is -0.463. The molecule has 0 saturated heterocycles. The lowest BCUT2D eigenvalue weighted by molar-refractivity contribution is -0.121. The number of aromatic nitrogens is 1. The molecule has 0 atom stereocenters. The van der Waals surface area contributed by atoms with Crippen LogP contribution in [0.3, 0.4) is 0 Å². The largest absolute Gasteiger partial charge is 0.315 e. The fourth-order valence-electron chi connectivity index (χ4n) is 1.09. The van der Waals surface area contributed by atoms with Crippen LogP contribution in [0.5, 0.6) is 0 Å². The summed E-state index contributed by atoms with van der Waals surface area (Å²) >= 11 is 0. The van der Waals surface area contributed by atoms with Crippen LogP contribution in [0.4, 0.5) is 0 Å². The van der Waals surface area contributed by atoms with Gasteiger partial charge in [0.05, 0.1) is 0 Å². The number of hydrazine groups is 1. The van der Waals surface area contributed by atoms with E-state index in [4.69, 9.17) is 5.84 Å². The molecule has 0 fully saturated rings. The van der Waals surface area contributed by atoms with Crippen LogP contribution >= 0.6 is 0 Å². The first-order chi connectivity index (χ1) is 6.63. The predicted molar refractivity (Wildman–Crippen MR) is 52.4 cm³/mol. The zero-order valence-electron chi connectivity index (χ0n) is 7.99. The molecule has 1 aromatic rings. The van der Waals surface area contributed by atoms with Gasteiger partial charge in [-0.2, -0.15) is 0 Å². The van der Waals surface area contributed by atoms with Gasteiger partial charge in [-0.1, -0.05) is 0 Å². The highest BCUT2D eigenvalue weighted by atomic mass is 16.2. The molecule has 0 bridgehead atoms. The zero-order chi connectivity index (χ0) is 10.6. The molecule has 1 amide bonds. The number of amides is 1. The number of hydrogen-bond acceptors (Lipinski definition) is 3. The van der Waals surface area contributed by atoms with Crippen molar-refractivity contribution < 1.29 is 4.79 Å². The quantitative estimate of drug-likeness (QED) is 0.389. The number of pyridine rings is 1. The lowest BCUT2D eigenvalue weighted by atomic mass is 10.3. The summed E-state index contributed by atoms with van der Waals surface area (Å²) in [5, 5.41) is 0. The van der Waals surface area contributed by atoms with E-state index in [0.29, 0.717) is 6.54 Å². The Labute approximate surface area is 81.5 Å². The van der Waals surface area contributed by atoms with Gasteiger partial charge in [-0.25, -0.2) is 5.84 Å². The number of carbonyl (C=O) groups excluding carboxylic acids is 1. The standard InChI is InChI=1S/C9H13N3O2/c1-7-2-4-12(9(14)6-7)5-3-8(13)11-10/h2,4,6H,3,5,10H2,1H3,(H,11,13). The number of nitrogens with two attached hydrogens (primary N) is 1. The molecule has 3 N–H and O–H groups in total. The minimum Gasteiger partial charge on any atom is -0.315 e. The number of nitrogens with zero attached hydrogens (tertiary/aromatic N) is 1. The molecule has 0 aliphatic heterocycles. The minimum absolute atomic E-state index is 0.102. The maximum Gasteiger partial charge on any atom is 0.250 e. The molecular formula is C9H13N3O2. The topological polar surface area (TPSA) is 77.1 Å². The lowest BCUT2D eigenvalue weighted by Crippen LogP contribution is -2.31. The van der Waals surface area contributed by atoms with E-state index in [9.17, 15) is 9.59 Å². The van der Waals surface area contributed by atoms with E-state index in [1.54, 1.807) is 6.20 Å². The summed E-state index contributed by atoms with van der Waals surface area (Å²) < 4.78 is 1.47. The molecule has 76 valence electrons. The molecule has 1 aromatic heterocycles. The fraction of sp³-hybridized carbons (Fsp3) is 0.333. The van der Waals surface area contributed by atoms with Crippen LogP contribution in [0, 0.1) is 6.92 Å². The van der Waals surface area contributed by atoms with Crippen LogP contribution in [0.2, 0.25) is 0 Å². The third kappa shape index (κ3) is 2.70. The van der Waals surface area contributed by atoms with Gasteiger partial charge in [0.25, 0.3) is 5.56 Å². The highest BCUT2D eigenvalue weighted by Crippen LogP contribution is 1.92. The Kier molecular flexibility index (Phi) is 3.41. The van der Waals surface area contributed by atoms with Gasteiger partial charge in [0.1, 0.15) is 0 Å². The Morgan fingerprint density at radius 1 is 1.64 bits per heavy atom. The van der Waals surface area contributed by atoms with Crippen LogP contribution in [-0.4, -0.2) is 10.5 Å². The molecule has 1 heterocycles. The van der Waals surface area contributed by atoms with Crippen molar-refractivity contribution in [3.05, 3.63) is 34.2 Å². The second-order valence-corrected chi connectivity index (χ2v) is 3.05. The molecule has 1 rings (SSSR count). The van der Waals surface area contributed by atoms with E-state index in [-0.39, 0.29) is 17.9 Å². The van der Waals surface area contributed by atoms with Crippen molar-refractivity contribution in [1.29, 1.82) is 0 Å². The third-order valence-electron chi connectivity index (χ3n) is 1.89. The molecule has 0 spiro atoms. The molecule has 0 aromatic carbocycles. The molecule has 0 aliphatic carbocycles. The maximum atomic E-state index is 11.3. The average molecular weight is 195 g/mol. The number of aryl methyl sites for hydroxylation is 2.